The van der Waals surface area contributed by atoms with Crippen LogP contribution in [-0.4, -0.2) is 48.2 Å². The van der Waals surface area contributed by atoms with Crippen molar-refractivity contribution >= 4 is 5.91 Å². The number of amides is 1. The Labute approximate surface area is 104 Å². The van der Waals surface area contributed by atoms with Gasteiger partial charge in [-0.25, -0.2) is 0 Å². The zero-order valence-electron chi connectivity index (χ0n) is 11.3. The Kier molecular flexibility index (Phi) is 5.92. The summed E-state index contributed by atoms with van der Waals surface area (Å²) in [5.41, 5.74) is 0. The number of likely N-dealkylation sites (tertiary alicyclic amines) is 1. The van der Waals surface area contributed by atoms with Crippen LogP contribution in [0.1, 0.15) is 33.6 Å². The van der Waals surface area contributed by atoms with Crippen molar-refractivity contribution in [2.24, 2.45) is 11.8 Å². The smallest absolute Gasteiger partial charge is 0.225 e. The fourth-order valence-corrected chi connectivity index (χ4v) is 2.46. The van der Waals surface area contributed by atoms with Crippen molar-refractivity contribution in [1.82, 2.24) is 10.2 Å². The zero-order valence-corrected chi connectivity index (χ0v) is 11.3. The van der Waals surface area contributed by atoms with Gasteiger partial charge in [0.1, 0.15) is 0 Å². The molecule has 1 rings (SSSR count). The van der Waals surface area contributed by atoms with Crippen molar-refractivity contribution in [1.29, 1.82) is 0 Å². The molecule has 100 valence electrons. The second-order valence-corrected chi connectivity index (χ2v) is 5.28. The van der Waals surface area contributed by atoms with Crippen LogP contribution >= 0.6 is 0 Å². The Morgan fingerprint density at radius 1 is 1.47 bits per heavy atom. The second kappa shape index (κ2) is 6.97. The summed E-state index contributed by atoms with van der Waals surface area (Å²) < 4.78 is 0. The number of piperidine rings is 1. The molecular formula is C13H26N2O2. The Morgan fingerprint density at radius 2 is 2.18 bits per heavy atom. The minimum atomic E-state index is 0.0732. The van der Waals surface area contributed by atoms with Crippen LogP contribution in [0.2, 0.25) is 0 Å². The lowest BCUT2D eigenvalue weighted by Gasteiger charge is -2.38. The van der Waals surface area contributed by atoms with E-state index in [9.17, 15) is 4.79 Å². The van der Waals surface area contributed by atoms with Crippen molar-refractivity contribution in [2.45, 2.75) is 39.7 Å². The number of aliphatic hydroxyl groups is 1. The molecule has 0 bridgehead atoms. The molecule has 4 heteroatoms. The van der Waals surface area contributed by atoms with Gasteiger partial charge < -0.3 is 15.3 Å². The molecule has 2 N–H and O–H groups in total. The number of hydrogen-bond acceptors (Lipinski definition) is 3. The fourth-order valence-electron chi connectivity index (χ4n) is 2.46. The summed E-state index contributed by atoms with van der Waals surface area (Å²) in [4.78, 5) is 14.0. The first-order chi connectivity index (χ1) is 8.08. The van der Waals surface area contributed by atoms with Gasteiger partial charge >= 0.3 is 0 Å². The lowest BCUT2D eigenvalue weighted by molar-refractivity contribution is -0.136. The quantitative estimate of drug-likeness (QED) is 0.751. The number of hydrogen-bond donors (Lipinski definition) is 2. The zero-order chi connectivity index (χ0) is 12.8. The van der Waals surface area contributed by atoms with Crippen LogP contribution in [0.25, 0.3) is 0 Å². The van der Waals surface area contributed by atoms with Crippen LogP contribution in [0, 0.1) is 11.8 Å². The van der Waals surface area contributed by atoms with E-state index in [4.69, 9.17) is 5.11 Å². The number of rotatable bonds is 5. The molecular weight excluding hydrogens is 216 g/mol. The van der Waals surface area contributed by atoms with Crippen LogP contribution in [0.4, 0.5) is 0 Å². The molecule has 0 aromatic carbocycles. The molecule has 0 aromatic heterocycles. The van der Waals surface area contributed by atoms with Crippen LogP contribution in [0.3, 0.4) is 0 Å². The summed E-state index contributed by atoms with van der Waals surface area (Å²) in [6.07, 6.45) is 2.22. The predicted octanol–water partition coefficient (Wildman–Crippen LogP) is 0.851. The molecule has 17 heavy (non-hydrogen) atoms. The van der Waals surface area contributed by atoms with Gasteiger partial charge in [-0.15, -0.1) is 0 Å². The standard InChI is InChI=1S/C13H26N2O2/c1-4-11-7-12(14-5-6-16)9-15(8-11)13(17)10(2)3/h10-12,14,16H,4-9H2,1-3H3. The molecule has 0 spiro atoms. The Morgan fingerprint density at radius 3 is 2.71 bits per heavy atom. The maximum Gasteiger partial charge on any atom is 0.225 e. The van der Waals surface area contributed by atoms with E-state index in [0.29, 0.717) is 18.5 Å². The number of carbonyl (C=O) groups excluding carboxylic acids is 1. The molecule has 1 heterocycles. The molecule has 1 saturated heterocycles. The summed E-state index contributed by atoms with van der Waals surface area (Å²) in [6, 6.07) is 0.337. The fraction of sp³-hybridized carbons (Fsp3) is 0.923. The van der Waals surface area contributed by atoms with Crippen LogP contribution < -0.4 is 5.32 Å². The van der Waals surface area contributed by atoms with Gasteiger partial charge in [0.05, 0.1) is 6.61 Å². The van der Waals surface area contributed by atoms with Crippen molar-refractivity contribution in [3.63, 3.8) is 0 Å². The summed E-state index contributed by atoms with van der Waals surface area (Å²) >= 11 is 0. The van der Waals surface area contributed by atoms with E-state index < -0.39 is 0 Å². The SMILES string of the molecule is CCC1CC(NCCO)CN(C(=O)C(C)C)C1. The van der Waals surface area contributed by atoms with Gasteiger partial charge in [-0.3, -0.25) is 4.79 Å². The third kappa shape index (κ3) is 4.28. The molecule has 0 aromatic rings. The first kappa shape index (κ1) is 14.5. The minimum Gasteiger partial charge on any atom is -0.395 e. The Hall–Kier alpha value is -0.610. The van der Waals surface area contributed by atoms with Gasteiger partial charge in [-0.1, -0.05) is 27.2 Å². The Bertz CT molecular complexity index is 244. The van der Waals surface area contributed by atoms with E-state index >= 15 is 0 Å². The number of nitrogens with zero attached hydrogens (tertiary/aromatic N) is 1. The first-order valence-corrected chi connectivity index (χ1v) is 6.71. The maximum atomic E-state index is 12.0. The highest BCUT2D eigenvalue weighted by Crippen LogP contribution is 2.21. The van der Waals surface area contributed by atoms with Crippen molar-refractivity contribution < 1.29 is 9.90 Å². The highest BCUT2D eigenvalue weighted by Gasteiger charge is 2.29. The summed E-state index contributed by atoms with van der Waals surface area (Å²) in [5.74, 6) is 0.908. The molecule has 0 radical (unpaired) electrons. The van der Waals surface area contributed by atoms with Gasteiger partial charge in [0.15, 0.2) is 0 Å². The lowest BCUT2D eigenvalue weighted by Crippen LogP contribution is -2.52. The van der Waals surface area contributed by atoms with E-state index in [-0.39, 0.29) is 18.4 Å². The Balaban J connectivity index is 2.56. The minimum absolute atomic E-state index is 0.0732. The van der Waals surface area contributed by atoms with Gasteiger partial charge in [0.2, 0.25) is 5.91 Å². The first-order valence-electron chi connectivity index (χ1n) is 6.71. The molecule has 1 aliphatic rings. The van der Waals surface area contributed by atoms with Crippen molar-refractivity contribution in [3.05, 3.63) is 0 Å². The molecule has 1 aliphatic heterocycles. The highest BCUT2D eigenvalue weighted by molar-refractivity contribution is 5.78. The molecule has 4 nitrogen and oxygen atoms in total. The second-order valence-electron chi connectivity index (χ2n) is 5.28. The molecule has 0 saturated carbocycles. The summed E-state index contributed by atoms with van der Waals surface area (Å²) in [6.45, 7) is 8.54. The normalized spacial score (nSPS) is 25.4. The van der Waals surface area contributed by atoms with E-state index in [1.54, 1.807) is 0 Å². The summed E-state index contributed by atoms with van der Waals surface area (Å²) in [5, 5.41) is 12.2. The largest absolute Gasteiger partial charge is 0.395 e. The number of aliphatic hydroxyl groups excluding tert-OH is 1. The van der Waals surface area contributed by atoms with E-state index in [1.807, 2.05) is 18.7 Å². The third-order valence-corrected chi connectivity index (χ3v) is 3.46. The van der Waals surface area contributed by atoms with Crippen molar-refractivity contribution in [2.75, 3.05) is 26.2 Å². The van der Waals surface area contributed by atoms with Gasteiger partial charge in [-0.2, -0.15) is 0 Å². The lowest BCUT2D eigenvalue weighted by atomic mass is 9.91. The molecule has 2 atom stereocenters. The van der Waals surface area contributed by atoms with E-state index in [1.165, 1.54) is 0 Å². The molecule has 2 unspecified atom stereocenters. The van der Waals surface area contributed by atoms with Crippen LogP contribution in [0.5, 0.6) is 0 Å². The molecule has 0 aliphatic carbocycles. The van der Waals surface area contributed by atoms with E-state index in [2.05, 4.69) is 12.2 Å². The topological polar surface area (TPSA) is 52.6 Å². The maximum absolute atomic E-state index is 12.0. The van der Waals surface area contributed by atoms with Crippen LogP contribution in [-0.2, 0) is 4.79 Å². The van der Waals surface area contributed by atoms with Gasteiger partial charge in [0, 0.05) is 31.6 Å². The van der Waals surface area contributed by atoms with Crippen LogP contribution in [0.15, 0.2) is 0 Å². The van der Waals surface area contributed by atoms with Gasteiger partial charge in [-0.05, 0) is 12.3 Å². The average molecular weight is 242 g/mol. The number of carbonyl (C=O) groups is 1. The average Bonchev–Trinajstić information content (AvgIpc) is 2.34. The van der Waals surface area contributed by atoms with Crippen molar-refractivity contribution in [3.8, 4) is 0 Å². The number of nitrogens with one attached hydrogen (secondary N) is 1. The molecule has 1 fully saturated rings. The monoisotopic (exact) mass is 242 g/mol. The highest BCUT2D eigenvalue weighted by atomic mass is 16.3. The predicted molar refractivity (Wildman–Crippen MR) is 68.7 cm³/mol. The third-order valence-electron chi connectivity index (χ3n) is 3.46. The molecule has 1 amide bonds. The summed E-state index contributed by atoms with van der Waals surface area (Å²) in [7, 11) is 0. The van der Waals surface area contributed by atoms with Gasteiger partial charge in [0.25, 0.3) is 0 Å². The van der Waals surface area contributed by atoms with E-state index in [0.717, 1.165) is 25.9 Å².